The molecule has 136 valence electrons. The van der Waals surface area contributed by atoms with Crippen molar-refractivity contribution in [1.82, 2.24) is 9.97 Å². The van der Waals surface area contributed by atoms with Crippen molar-refractivity contribution in [3.8, 4) is 0 Å². The number of hydrogen-bond donors (Lipinski definition) is 1. The third-order valence-electron chi connectivity index (χ3n) is 5.50. The molecule has 0 spiro atoms. The molecule has 0 aliphatic heterocycles. The van der Waals surface area contributed by atoms with Crippen LogP contribution in [0.3, 0.4) is 0 Å². The average molecular weight is 430 g/mol. The van der Waals surface area contributed by atoms with Crippen LogP contribution in [-0.4, -0.2) is 9.97 Å². The number of rotatable bonds is 2. The number of thiophene rings is 1. The summed E-state index contributed by atoms with van der Waals surface area (Å²) in [6.45, 7) is 9.17. The van der Waals surface area contributed by atoms with E-state index in [0.29, 0.717) is 5.41 Å². The van der Waals surface area contributed by atoms with Crippen LogP contribution in [0.4, 0.5) is 11.5 Å². The van der Waals surface area contributed by atoms with Crippen molar-refractivity contribution in [3.05, 3.63) is 45.0 Å². The SMILES string of the molecule is Cc1ccc(Nc2ncnc3sc4c(c23)CCC(C(C)(C)C)C4)cc1Br. The molecule has 3 aromatic rings. The maximum Gasteiger partial charge on any atom is 0.142 e. The van der Waals surface area contributed by atoms with Gasteiger partial charge in [-0.2, -0.15) is 0 Å². The molecule has 2 aromatic heterocycles. The predicted molar refractivity (Wildman–Crippen MR) is 115 cm³/mol. The standard InChI is InChI=1S/C21H24BrN3S/c1-12-5-7-14(10-16(12)22)25-19-18-15-8-6-13(21(2,3)4)9-17(15)26-20(18)24-11-23-19/h5,7,10-11,13H,6,8-9H2,1-4H3,(H,23,24,25). The van der Waals surface area contributed by atoms with E-state index in [4.69, 9.17) is 0 Å². The molecule has 0 amide bonds. The Kier molecular flexibility index (Phi) is 4.56. The molecule has 1 aliphatic rings. The molecule has 1 aromatic carbocycles. The minimum absolute atomic E-state index is 0.356. The quantitative estimate of drug-likeness (QED) is 0.494. The van der Waals surface area contributed by atoms with Gasteiger partial charge in [0.15, 0.2) is 0 Å². The number of anilines is 2. The number of fused-ring (bicyclic) bond motifs is 3. The van der Waals surface area contributed by atoms with E-state index >= 15 is 0 Å². The second-order valence-electron chi connectivity index (χ2n) is 8.30. The Morgan fingerprint density at radius 1 is 1.23 bits per heavy atom. The molecular formula is C21H24BrN3S. The lowest BCUT2D eigenvalue weighted by atomic mass is 9.72. The van der Waals surface area contributed by atoms with Gasteiger partial charge in [0.25, 0.3) is 0 Å². The van der Waals surface area contributed by atoms with Gasteiger partial charge in [0.1, 0.15) is 17.0 Å². The molecule has 4 rings (SSSR count). The van der Waals surface area contributed by atoms with E-state index in [2.05, 4.69) is 77.1 Å². The second-order valence-corrected chi connectivity index (χ2v) is 10.2. The summed E-state index contributed by atoms with van der Waals surface area (Å²) in [4.78, 5) is 11.7. The van der Waals surface area contributed by atoms with E-state index in [1.165, 1.54) is 27.8 Å². The summed E-state index contributed by atoms with van der Waals surface area (Å²) in [6, 6.07) is 6.32. The van der Waals surface area contributed by atoms with Crippen molar-refractivity contribution >= 4 is 49.0 Å². The maximum absolute atomic E-state index is 4.57. The minimum atomic E-state index is 0.356. The van der Waals surface area contributed by atoms with Gasteiger partial charge >= 0.3 is 0 Å². The lowest BCUT2D eigenvalue weighted by Crippen LogP contribution is -2.26. The van der Waals surface area contributed by atoms with Crippen LogP contribution >= 0.6 is 27.3 Å². The summed E-state index contributed by atoms with van der Waals surface area (Å²) in [5, 5.41) is 4.74. The van der Waals surface area contributed by atoms with Gasteiger partial charge in [0, 0.05) is 15.0 Å². The fourth-order valence-corrected chi connectivity index (χ4v) is 5.40. The molecule has 0 radical (unpaired) electrons. The van der Waals surface area contributed by atoms with Crippen LogP contribution in [0.1, 0.15) is 43.2 Å². The van der Waals surface area contributed by atoms with Crippen LogP contribution in [0, 0.1) is 18.3 Å². The number of hydrogen-bond acceptors (Lipinski definition) is 4. The van der Waals surface area contributed by atoms with Gasteiger partial charge in [-0.1, -0.05) is 42.8 Å². The van der Waals surface area contributed by atoms with Gasteiger partial charge in [-0.25, -0.2) is 9.97 Å². The van der Waals surface area contributed by atoms with Crippen molar-refractivity contribution < 1.29 is 0 Å². The molecule has 3 nitrogen and oxygen atoms in total. The Morgan fingerprint density at radius 3 is 2.77 bits per heavy atom. The third kappa shape index (κ3) is 3.27. The first kappa shape index (κ1) is 17.9. The Balaban J connectivity index is 1.73. The summed E-state index contributed by atoms with van der Waals surface area (Å²) < 4.78 is 1.10. The Labute approximate surface area is 167 Å². The maximum atomic E-state index is 4.57. The van der Waals surface area contributed by atoms with Gasteiger partial charge in [-0.15, -0.1) is 11.3 Å². The Morgan fingerprint density at radius 2 is 2.04 bits per heavy atom. The fraction of sp³-hybridized carbons (Fsp3) is 0.429. The molecule has 1 aliphatic carbocycles. The fourth-order valence-electron chi connectivity index (χ4n) is 3.75. The Hall–Kier alpha value is -1.46. The highest BCUT2D eigenvalue weighted by molar-refractivity contribution is 9.10. The molecule has 1 N–H and O–H groups in total. The van der Waals surface area contributed by atoms with Crippen LogP contribution in [-0.2, 0) is 12.8 Å². The van der Waals surface area contributed by atoms with Crippen molar-refractivity contribution in [3.63, 3.8) is 0 Å². The number of nitrogens with zero attached hydrogens (tertiary/aromatic N) is 2. The van der Waals surface area contributed by atoms with Crippen LogP contribution in [0.2, 0.25) is 0 Å². The summed E-state index contributed by atoms with van der Waals surface area (Å²) in [5.41, 5.74) is 4.09. The zero-order valence-electron chi connectivity index (χ0n) is 15.7. The van der Waals surface area contributed by atoms with Gasteiger partial charge in [0.2, 0.25) is 0 Å². The lowest BCUT2D eigenvalue weighted by Gasteiger charge is -2.33. The second kappa shape index (κ2) is 6.61. The van der Waals surface area contributed by atoms with Crippen molar-refractivity contribution in [2.75, 3.05) is 5.32 Å². The van der Waals surface area contributed by atoms with Gasteiger partial charge in [-0.05, 0) is 60.8 Å². The van der Waals surface area contributed by atoms with E-state index in [9.17, 15) is 0 Å². The highest BCUT2D eigenvalue weighted by Gasteiger charge is 2.31. The van der Waals surface area contributed by atoms with Crippen LogP contribution in [0.25, 0.3) is 10.2 Å². The van der Waals surface area contributed by atoms with E-state index in [0.717, 1.165) is 39.6 Å². The molecule has 26 heavy (non-hydrogen) atoms. The van der Waals surface area contributed by atoms with Crippen LogP contribution < -0.4 is 5.32 Å². The van der Waals surface area contributed by atoms with E-state index in [-0.39, 0.29) is 0 Å². The highest BCUT2D eigenvalue weighted by Crippen LogP contribution is 2.44. The van der Waals surface area contributed by atoms with E-state index in [1.807, 2.05) is 11.3 Å². The molecule has 0 saturated carbocycles. The van der Waals surface area contributed by atoms with Gasteiger partial charge in [-0.3, -0.25) is 0 Å². The largest absolute Gasteiger partial charge is 0.340 e. The topological polar surface area (TPSA) is 37.8 Å². The minimum Gasteiger partial charge on any atom is -0.340 e. The Bertz CT molecular complexity index is 971. The molecular weight excluding hydrogens is 406 g/mol. The van der Waals surface area contributed by atoms with E-state index < -0.39 is 0 Å². The molecule has 1 atom stereocenters. The predicted octanol–water partition coefficient (Wildman–Crippen LogP) is 6.66. The summed E-state index contributed by atoms with van der Waals surface area (Å²) in [6.07, 6.45) is 5.20. The van der Waals surface area contributed by atoms with Gasteiger partial charge < -0.3 is 5.32 Å². The highest BCUT2D eigenvalue weighted by atomic mass is 79.9. The van der Waals surface area contributed by atoms with Crippen molar-refractivity contribution in [1.29, 1.82) is 0 Å². The van der Waals surface area contributed by atoms with Gasteiger partial charge in [0.05, 0.1) is 5.39 Å². The molecule has 0 fully saturated rings. The number of benzene rings is 1. The smallest absolute Gasteiger partial charge is 0.142 e. The molecule has 5 heteroatoms. The number of nitrogens with one attached hydrogen (secondary N) is 1. The summed E-state index contributed by atoms with van der Waals surface area (Å²) in [7, 11) is 0. The zero-order valence-corrected chi connectivity index (χ0v) is 18.1. The van der Waals surface area contributed by atoms with Crippen LogP contribution in [0.5, 0.6) is 0 Å². The van der Waals surface area contributed by atoms with Crippen LogP contribution in [0.15, 0.2) is 29.0 Å². The first-order valence-electron chi connectivity index (χ1n) is 9.11. The van der Waals surface area contributed by atoms with Crippen molar-refractivity contribution in [2.45, 2.75) is 47.0 Å². The molecule has 1 unspecified atom stereocenters. The number of aromatic nitrogens is 2. The monoisotopic (exact) mass is 429 g/mol. The number of halogens is 1. The zero-order chi connectivity index (χ0) is 18.5. The normalized spacial score (nSPS) is 17.3. The number of aryl methyl sites for hydroxylation is 2. The van der Waals surface area contributed by atoms with E-state index in [1.54, 1.807) is 6.33 Å². The molecule has 0 saturated heterocycles. The average Bonchev–Trinajstić information content (AvgIpc) is 2.96. The molecule has 0 bridgehead atoms. The molecule has 2 heterocycles. The van der Waals surface area contributed by atoms with Crippen molar-refractivity contribution in [2.24, 2.45) is 11.3 Å². The summed E-state index contributed by atoms with van der Waals surface area (Å²) >= 11 is 5.47. The first-order chi connectivity index (χ1) is 12.3. The lowest BCUT2D eigenvalue weighted by molar-refractivity contribution is 0.218. The first-order valence-corrected chi connectivity index (χ1v) is 10.7. The third-order valence-corrected chi connectivity index (χ3v) is 7.52. The summed E-state index contributed by atoms with van der Waals surface area (Å²) in [5.74, 6) is 1.66.